The van der Waals surface area contributed by atoms with Crippen molar-refractivity contribution >= 4 is 6.03 Å². The fourth-order valence-electron chi connectivity index (χ4n) is 1.02. The van der Waals surface area contributed by atoms with Crippen LogP contribution < -0.4 is 10.6 Å². The van der Waals surface area contributed by atoms with E-state index in [4.69, 9.17) is 0 Å². The average Bonchev–Trinajstić information content (AvgIpc) is 2.23. The van der Waals surface area contributed by atoms with Gasteiger partial charge in [-0.1, -0.05) is 0 Å². The molecule has 0 spiro atoms. The minimum atomic E-state index is -4.41. The zero-order valence-electron chi connectivity index (χ0n) is 9.01. The van der Waals surface area contributed by atoms with Crippen LogP contribution in [0.5, 0.6) is 0 Å². The summed E-state index contributed by atoms with van der Waals surface area (Å²) in [6, 6.07) is 0.676. The summed E-state index contributed by atoms with van der Waals surface area (Å²) in [5, 5.41) is 3.95. The van der Waals surface area contributed by atoms with Crippen molar-refractivity contribution in [3.8, 4) is 0 Å². The lowest BCUT2D eigenvalue weighted by Gasteiger charge is -2.09. The van der Waals surface area contributed by atoms with Crippen LogP contribution in [0.2, 0.25) is 0 Å². The number of nitrogens with zero attached hydrogens (tertiary/aromatic N) is 2. The SMILES string of the molecule is Cc1nccc(CNC(=O)NCC(F)(F)F)n1. The van der Waals surface area contributed by atoms with E-state index in [2.05, 4.69) is 15.3 Å². The maximum atomic E-state index is 11.8. The number of hydrogen-bond acceptors (Lipinski definition) is 3. The molecule has 5 nitrogen and oxygen atoms in total. The molecule has 2 N–H and O–H groups in total. The van der Waals surface area contributed by atoms with E-state index in [-0.39, 0.29) is 6.54 Å². The van der Waals surface area contributed by atoms with Crippen LogP contribution in [0.15, 0.2) is 12.3 Å². The minimum Gasteiger partial charge on any atom is -0.333 e. The highest BCUT2D eigenvalue weighted by Gasteiger charge is 2.27. The second kappa shape index (κ2) is 5.46. The summed E-state index contributed by atoms with van der Waals surface area (Å²) in [7, 11) is 0. The lowest BCUT2D eigenvalue weighted by Crippen LogP contribution is -2.40. The number of carbonyl (C=O) groups is 1. The summed E-state index contributed by atoms with van der Waals surface area (Å²) in [5.74, 6) is 0.528. The van der Waals surface area contributed by atoms with Crippen LogP contribution in [0.4, 0.5) is 18.0 Å². The second-order valence-electron chi connectivity index (χ2n) is 3.25. The number of carbonyl (C=O) groups excluding carboxylic acids is 1. The number of nitrogens with one attached hydrogen (secondary N) is 2. The number of rotatable bonds is 3. The van der Waals surface area contributed by atoms with Crippen molar-refractivity contribution in [3.63, 3.8) is 0 Å². The molecule has 0 aliphatic carbocycles. The summed E-state index contributed by atoms with van der Waals surface area (Å²) in [5.41, 5.74) is 0.527. The van der Waals surface area contributed by atoms with Crippen molar-refractivity contribution in [2.75, 3.05) is 6.54 Å². The third kappa shape index (κ3) is 5.69. The highest BCUT2D eigenvalue weighted by molar-refractivity contribution is 5.73. The monoisotopic (exact) mass is 248 g/mol. The average molecular weight is 248 g/mol. The van der Waals surface area contributed by atoms with Crippen LogP contribution in [-0.4, -0.2) is 28.7 Å². The first kappa shape index (κ1) is 13.2. The summed E-state index contributed by atoms with van der Waals surface area (Å²) in [6.45, 7) is 0.363. The van der Waals surface area contributed by atoms with E-state index in [0.717, 1.165) is 0 Å². The topological polar surface area (TPSA) is 66.9 Å². The molecule has 0 aliphatic heterocycles. The largest absolute Gasteiger partial charge is 0.405 e. The normalized spacial score (nSPS) is 11.1. The van der Waals surface area contributed by atoms with Gasteiger partial charge in [-0.3, -0.25) is 0 Å². The van der Waals surface area contributed by atoms with Gasteiger partial charge in [0.05, 0.1) is 12.2 Å². The number of amides is 2. The molecule has 0 atom stereocenters. The Bertz CT molecular complexity index is 394. The molecule has 0 fully saturated rings. The van der Waals surface area contributed by atoms with Crippen molar-refractivity contribution in [3.05, 3.63) is 23.8 Å². The summed E-state index contributed by atoms with van der Waals surface area (Å²) in [6.07, 6.45) is -2.91. The molecule has 1 aromatic rings. The summed E-state index contributed by atoms with van der Waals surface area (Å²) >= 11 is 0. The first-order valence-corrected chi connectivity index (χ1v) is 4.74. The Kier molecular flexibility index (Phi) is 4.24. The van der Waals surface area contributed by atoms with Crippen LogP contribution >= 0.6 is 0 Å². The third-order valence-corrected chi connectivity index (χ3v) is 1.71. The van der Waals surface area contributed by atoms with Crippen molar-refractivity contribution in [1.82, 2.24) is 20.6 Å². The number of aryl methyl sites for hydroxylation is 1. The van der Waals surface area contributed by atoms with Crippen LogP contribution in [0.25, 0.3) is 0 Å². The van der Waals surface area contributed by atoms with Gasteiger partial charge in [-0.05, 0) is 13.0 Å². The second-order valence-corrected chi connectivity index (χ2v) is 3.25. The van der Waals surface area contributed by atoms with Gasteiger partial charge < -0.3 is 10.6 Å². The Balaban J connectivity index is 2.33. The van der Waals surface area contributed by atoms with Crippen molar-refractivity contribution in [2.24, 2.45) is 0 Å². The summed E-state index contributed by atoms with van der Waals surface area (Å²) < 4.78 is 35.3. The van der Waals surface area contributed by atoms with Crippen molar-refractivity contribution in [2.45, 2.75) is 19.6 Å². The maximum Gasteiger partial charge on any atom is 0.405 e. The molecule has 0 bridgehead atoms. The molecule has 8 heteroatoms. The molecular weight excluding hydrogens is 237 g/mol. The number of alkyl halides is 3. The summed E-state index contributed by atoms with van der Waals surface area (Å²) in [4.78, 5) is 18.8. The quantitative estimate of drug-likeness (QED) is 0.843. The van der Waals surface area contributed by atoms with Gasteiger partial charge in [0, 0.05) is 6.20 Å². The molecule has 17 heavy (non-hydrogen) atoms. The first-order chi connectivity index (χ1) is 7.87. The maximum absolute atomic E-state index is 11.8. The van der Waals surface area contributed by atoms with Crippen molar-refractivity contribution < 1.29 is 18.0 Å². The molecule has 0 radical (unpaired) electrons. The molecule has 1 rings (SSSR count). The standard InChI is InChI=1S/C9H11F3N4O/c1-6-13-3-2-7(16-6)4-14-8(17)15-5-9(10,11)12/h2-3H,4-5H2,1H3,(H2,14,15,17). The third-order valence-electron chi connectivity index (χ3n) is 1.71. The van der Waals surface area contributed by atoms with Crippen molar-refractivity contribution in [1.29, 1.82) is 0 Å². The number of urea groups is 1. The van der Waals surface area contributed by atoms with E-state index in [1.54, 1.807) is 18.3 Å². The van der Waals surface area contributed by atoms with Crippen LogP contribution in [-0.2, 0) is 6.54 Å². The highest BCUT2D eigenvalue weighted by atomic mass is 19.4. The van der Waals surface area contributed by atoms with Gasteiger partial charge >= 0.3 is 12.2 Å². The van der Waals surface area contributed by atoms with Gasteiger partial charge in [-0.15, -0.1) is 0 Å². The molecular formula is C9H11F3N4O. The van der Waals surface area contributed by atoms with Gasteiger partial charge in [0.15, 0.2) is 0 Å². The predicted octanol–water partition coefficient (Wildman–Crippen LogP) is 1.15. The molecule has 1 aromatic heterocycles. The molecule has 2 amide bonds. The van der Waals surface area contributed by atoms with Gasteiger partial charge in [0.1, 0.15) is 12.4 Å². The predicted molar refractivity (Wildman–Crippen MR) is 53.1 cm³/mol. The molecule has 0 saturated heterocycles. The van der Waals surface area contributed by atoms with E-state index in [9.17, 15) is 18.0 Å². The van der Waals surface area contributed by atoms with E-state index in [0.29, 0.717) is 11.5 Å². The van der Waals surface area contributed by atoms with Crippen LogP contribution in [0.1, 0.15) is 11.5 Å². The molecule has 0 saturated carbocycles. The van der Waals surface area contributed by atoms with Gasteiger partial charge in [0.25, 0.3) is 0 Å². The van der Waals surface area contributed by atoms with E-state index in [1.807, 2.05) is 0 Å². The molecule has 0 aliphatic rings. The highest BCUT2D eigenvalue weighted by Crippen LogP contribution is 2.11. The molecule has 0 unspecified atom stereocenters. The molecule has 0 aromatic carbocycles. The zero-order valence-corrected chi connectivity index (χ0v) is 9.01. The fraction of sp³-hybridized carbons (Fsp3) is 0.444. The first-order valence-electron chi connectivity index (χ1n) is 4.74. The van der Waals surface area contributed by atoms with E-state index >= 15 is 0 Å². The number of aromatic nitrogens is 2. The van der Waals surface area contributed by atoms with E-state index in [1.165, 1.54) is 6.20 Å². The van der Waals surface area contributed by atoms with Crippen LogP contribution in [0.3, 0.4) is 0 Å². The number of halogens is 3. The van der Waals surface area contributed by atoms with Crippen LogP contribution in [0, 0.1) is 6.92 Å². The van der Waals surface area contributed by atoms with Gasteiger partial charge in [0.2, 0.25) is 0 Å². The molecule has 1 heterocycles. The Morgan fingerprint density at radius 2 is 2.12 bits per heavy atom. The fourth-order valence-corrected chi connectivity index (χ4v) is 1.02. The molecule has 94 valence electrons. The smallest absolute Gasteiger partial charge is 0.333 e. The lowest BCUT2D eigenvalue weighted by atomic mass is 10.4. The number of hydrogen-bond donors (Lipinski definition) is 2. The Morgan fingerprint density at radius 1 is 1.41 bits per heavy atom. The van der Waals surface area contributed by atoms with Gasteiger partial charge in [-0.25, -0.2) is 14.8 Å². The Morgan fingerprint density at radius 3 is 2.71 bits per heavy atom. The van der Waals surface area contributed by atoms with E-state index < -0.39 is 18.8 Å². The Labute approximate surface area is 95.5 Å². The Hall–Kier alpha value is -1.86. The van der Waals surface area contributed by atoms with Gasteiger partial charge in [-0.2, -0.15) is 13.2 Å². The minimum absolute atomic E-state index is 0.0487. The lowest BCUT2D eigenvalue weighted by molar-refractivity contribution is -0.122. The zero-order chi connectivity index (χ0) is 12.9.